The van der Waals surface area contributed by atoms with E-state index in [-0.39, 0.29) is 11.0 Å². The van der Waals surface area contributed by atoms with Gasteiger partial charge in [0.05, 0.1) is 0 Å². The van der Waals surface area contributed by atoms with Crippen molar-refractivity contribution in [3.05, 3.63) is 35.4 Å². The molecule has 1 N–H and O–H groups in total. The zero-order valence-electron chi connectivity index (χ0n) is 11.5. The van der Waals surface area contributed by atoms with Crippen molar-refractivity contribution in [2.24, 2.45) is 0 Å². The monoisotopic (exact) mass is 219 g/mol. The zero-order valence-corrected chi connectivity index (χ0v) is 11.5. The number of hydrogen-bond acceptors (Lipinski definition) is 1. The van der Waals surface area contributed by atoms with Crippen molar-refractivity contribution in [2.75, 3.05) is 0 Å². The van der Waals surface area contributed by atoms with Crippen LogP contribution in [0.5, 0.6) is 0 Å². The highest BCUT2D eigenvalue weighted by atomic mass is 14.9. The van der Waals surface area contributed by atoms with Gasteiger partial charge in [0.2, 0.25) is 0 Å². The normalized spacial score (nSPS) is 12.9. The molecule has 1 nitrogen and oxygen atoms in total. The minimum Gasteiger partial charge on any atom is -0.308 e. The lowest BCUT2D eigenvalue weighted by atomic mass is 9.86. The van der Waals surface area contributed by atoms with Crippen LogP contribution >= 0.6 is 0 Å². The third-order valence-electron chi connectivity index (χ3n) is 2.62. The molecule has 0 aromatic heterocycles. The van der Waals surface area contributed by atoms with Crippen molar-refractivity contribution in [1.82, 2.24) is 5.32 Å². The van der Waals surface area contributed by atoms with E-state index in [9.17, 15) is 0 Å². The summed E-state index contributed by atoms with van der Waals surface area (Å²) >= 11 is 0. The molecule has 0 aliphatic rings. The van der Waals surface area contributed by atoms with Crippen LogP contribution in [0.15, 0.2) is 24.3 Å². The molecule has 0 saturated carbocycles. The van der Waals surface area contributed by atoms with Crippen LogP contribution in [0.4, 0.5) is 0 Å². The second-order valence-electron chi connectivity index (χ2n) is 6.55. The van der Waals surface area contributed by atoms with Gasteiger partial charge in [-0.15, -0.1) is 0 Å². The number of nitrogens with one attached hydrogen (secondary N) is 1. The summed E-state index contributed by atoms with van der Waals surface area (Å²) < 4.78 is 0. The second kappa shape index (κ2) is 4.58. The smallest absolute Gasteiger partial charge is 0.0210 e. The molecule has 0 unspecified atom stereocenters. The van der Waals surface area contributed by atoms with Gasteiger partial charge in [0.15, 0.2) is 0 Å². The van der Waals surface area contributed by atoms with Crippen LogP contribution in [0.25, 0.3) is 0 Å². The van der Waals surface area contributed by atoms with Gasteiger partial charge in [0.1, 0.15) is 0 Å². The number of rotatable bonds is 2. The quantitative estimate of drug-likeness (QED) is 0.796. The molecular weight excluding hydrogens is 194 g/mol. The minimum atomic E-state index is 0.178. The summed E-state index contributed by atoms with van der Waals surface area (Å²) in [5, 5.41) is 3.52. The molecule has 16 heavy (non-hydrogen) atoms. The number of hydrogen-bond donors (Lipinski definition) is 1. The molecular formula is C15H25N. The Morgan fingerprint density at radius 1 is 1.00 bits per heavy atom. The highest BCUT2D eigenvalue weighted by Gasteiger charge is 2.14. The van der Waals surface area contributed by atoms with E-state index in [1.807, 2.05) is 0 Å². The van der Waals surface area contributed by atoms with Crippen molar-refractivity contribution in [1.29, 1.82) is 0 Å². The molecule has 0 atom stereocenters. The van der Waals surface area contributed by atoms with E-state index in [4.69, 9.17) is 0 Å². The Kier molecular flexibility index (Phi) is 3.80. The highest BCUT2D eigenvalue weighted by molar-refractivity contribution is 5.28. The second-order valence-corrected chi connectivity index (χ2v) is 6.55. The molecule has 0 heterocycles. The topological polar surface area (TPSA) is 12.0 Å². The van der Waals surface area contributed by atoms with Crippen LogP contribution in [-0.2, 0) is 12.0 Å². The molecule has 1 aromatic rings. The van der Waals surface area contributed by atoms with E-state index in [0.29, 0.717) is 0 Å². The first-order valence-corrected chi connectivity index (χ1v) is 6.03. The summed E-state index contributed by atoms with van der Waals surface area (Å²) in [5.74, 6) is 0. The average Bonchev–Trinajstić information content (AvgIpc) is 2.13. The molecule has 0 aliphatic carbocycles. The van der Waals surface area contributed by atoms with Crippen molar-refractivity contribution < 1.29 is 0 Å². The van der Waals surface area contributed by atoms with Crippen LogP contribution in [-0.4, -0.2) is 5.54 Å². The molecule has 1 aromatic carbocycles. The predicted molar refractivity (Wildman–Crippen MR) is 71.7 cm³/mol. The van der Waals surface area contributed by atoms with Gasteiger partial charge in [0.25, 0.3) is 0 Å². The van der Waals surface area contributed by atoms with Crippen LogP contribution in [0.2, 0.25) is 0 Å². The highest BCUT2D eigenvalue weighted by Crippen LogP contribution is 2.22. The summed E-state index contributed by atoms with van der Waals surface area (Å²) in [6, 6.07) is 8.85. The molecule has 90 valence electrons. The molecule has 1 heteroatoms. The van der Waals surface area contributed by atoms with Crippen molar-refractivity contribution >= 4 is 0 Å². The van der Waals surface area contributed by atoms with E-state index in [1.54, 1.807) is 0 Å². The van der Waals surface area contributed by atoms with Gasteiger partial charge in [-0.3, -0.25) is 0 Å². The van der Waals surface area contributed by atoms with Gasteiger partial charge in [-0.1, -0.05) is 45.0 Å². The average molecular weight is 219 g/mol. The largest absolute Gasteiger partial charge is 0.308 e. The van der Waals surface area contributed by atoms with Gasteiger partial charge < -0.3 is 5.32 Å². The predicted octanol–water partition coefficient (Wildman–Crippen LogP) is 3.87. The minimum absolute atomic E-state index is 0.178. The van der Waals surface area contributed by atoms with Gasteiger partial charge in [0, 0.05) is 12.1 Å². The fourth-order valence-corrected chi connectivity index (χ4v) is 1.52. The van der Waals surface area contributed by atoms with Gasteiger partial charge >= 0.3 is 0 Å². The van der Waals surface area contributed by atoms with Gasteiger partial charge in [-0.05, 0) is 37.3 Å². The Labute approximate surface area is 100 Å². The van der Waals surface area contributed by atoms with Crippen LogP contribution < -0.4 is 5.32 Å². The molecule has 1 rings (SSSR count). The molecule has 0 fully saturated rings. The van der Waals surface area contributed by atoms with E-state index < -0.39 is 0 Å². The van der Waals surface area contributed by atoms with E-state index in [2.05, 4.69) is 71.1 Å². The first-order chi connectivity index (χ1) is 7.18. The Morgan fingerprint density at radius 3 is 2.12 bits per heavy atom. The zero-order chi connectivity index (χ0) is 12.4. The summed E-state index contributed by atoms with van der Waals surface area (Å²) in [6.07, 6.45) is 0. The lowest BCUT2D eigenvalue weighted by molar-refractivity contribution is 0.424. The summed E-state index contributed by atoms with van der Waals surface area (Å²) in [6.45, 7) is 14.3. The van der Waals surface area contributed by atoms with E-state index in [0.717, 1.165) is 6.54 Å². The van der Waals surface area contributed by atoms with Crippen LogP contribution in [0.1, 0.15) is 52.7 Å². The molecule has 0 saturated heterocycles. The van der Waals surface area contributed by atoms with Crippen molar-refractivity contribution in [3.63, 3.8) is 0 Å². The third kappa shape index (κ3) is 4.36. The Bertz CT molecular complexity index is 339. The first-order valence-electron chi connectivity index (χ1n) is 6.03. The van der Waals surface area contributed by atoms with Crippen LogP contribution in [0.3, 0.4) is 0 Å². The molecule has 0 bridgehead atoms. The summed E-state index contributed by atoms with van der Waals surface area (Å²) in [5.41, 5.74) is 3.18. The fraction of sp³-hybridized carbons (Fsp3) is 0.600. The van der Waals surface area contributed by atoms with Crippen LogP contribution in [0, 0.1) is 0 Å². The maximum atomic E-state index is 3.52. The molecule has 0 aliphatic heterocycles. The Hall–Kier alpha value is -0.820. The lowest BCUT2D eigenvalue weighted by Crippen LogP contribution is -2.35. The molecule has 0 radical (unpaired) electrons. The van der Waals surface area contributed by atoms with E-state index in [1.165, 1.54) is 11.1 Å². The Balaban J connectivity index is 2.76. The standard InChI is InChI=1S/C15H25N/c1-14(2,3)13-9-7-8-12(10-13)11-16-15(4,5)6/h7-10,16H,11H2,1-6H3. The SMILES string of the molecule is CC(C)(C)NCc1cccc(C(C)(C)C)c1. The number of benzene rings is 1. The lowest BCUT2D eigenvalue weighted by Gasteiger charge is -2.23. The maximum Gasteiger partial charge on any atom is 0.0210 e. The fourth-order valence-electron chi connectivity index (χ4n) is 1.52. The summed E-state index contributed by atoms with van der Waals surface area (Å²) in [7, 11) is 0. The maximum absolute atomic E-state index is 3.52. The van der Waals surface area contributed by atoms with Gasteiger partial charge in [-0.2, -0.15) is 0 Å². The first kappa shape index (κ1) is 13.2. The van der Waals surface area contributed by atoms with Crippen molar-refractivity contribution in [3.8, 4) is 0 Å². The van der Waals surface area contributed by atoms with Crippen molar-refractivity contribution in [2.45, 2.75) is 59.0 Å². The Morgan fingerprint density at radius 2 is 1.62 bits per heavy atom. The van der Waals surface area contributed by atoms with Gasteiger partial charge in [-0.25, -0.2) is 0 Å². The summed E-state index contributed by atoms with van der Waals surface area (Å²) in [4.78, 5) is 0. The van der Waals surface area contributed by atoms with E-state index >= 15 is 0 Å². The third-order valence-corrected chi connectivity index (χ3v) is 2.62. The molecule has 0 spiro atoms. The molecule has 0 amide bonds.